The van der Waals surface area contributed by atoms with E-state index in [0.717, 1.165) is 36.2 Å². The number of benzene rings is 1. The Morgan fingerprint density at radius 3 is 2.71 bits per heavy atom. The number of hydrogen-bond acceptors (Lipinski definition) is 3. The molecule has 1 saturated carbocycles. The molecule has 4 nitrogen and oxygen atoms in total. The molecule has 1 aromatic carbocycles. The number of pyridine rings is 1. The highest BCUT2D eigenvalue weighted by Gasteiger charge is 2.27. The van der Waals surface area contributed by atoms with E-state index in [0.29, 0.717) is 6.04 Å². The highest BCUT2D eigenvalue weighted by molar-refractivity contribution is 5.61. The van der Waals surface area contributed by atoms with Gasteiger partial charge in [0.2, 0.25) is 0 Å². The molecule has 0 aliphatic heterocycles. The first kappa shape index (κ1) is 18.9. The van der Waals surface area contributed by atoms with E-state index in [1.807, 2.05) is 18.5 Å². The third-order valence-electron chi connectivity index (χ3n) is 6.22. The first-order chi connectivity index (χ1) is 13.7. The molecule has 28 heavy (non-hydrogen) atoms. The number of nitrogens with one attached hydrogen (secondary N) is 1. The van der Waals surface area contributed by atoms with Crippen molar-refractivity contribution in [1.29, 1.82) is 0 Å². The van der Waals surface area contributed by atoms with Crippen LogP contribution >= 0.6 is 0 Å². The lowest BCUT2D eigenvalue weighted by atomic mass is 9.78. The monoisotopic (exact) mass is 374 g/mol. The van der Waals surface area contributed by atoms with E-state index >= 15 is 0 Å². The van der Waals surface area contributed by atoms with E-state index in [2.05, 4.69) is 71.4 Å². The second-order valence-electron chi connectivity index (χ2n) is 8.18. The van der Waals surface area contributed by atoms with Crippen molar-refractivity contribution in [3.8, 4) is 11.3 Å². The molecule has 0 unspecified atom stereocenters. The largest absolute Gasteiger partial charge is 0.310 e. The maximum atomic E-state index is 4.91. The van der Waals surface area contributed by atoms with E-state index in [1.54, 1.807) is 0 Å². The fourth-order valence-corrected chi connectivity index (χ4v) is 4.30. The molecular weight excluding hydrogens is 344 g/mol. The predicted molar refractivity (Wildman–Crippen MR) is 114 cm³/mol. The minimum Gasteiger partial charge on any atom is -0.310 e. The van der Waals surface area contributed by atoms with Crippen molar-refractivity contribution in [2.75, 3.05) is 0 Å². The molecule has 0 saturated heterocycles. The van der Waals surface area contributed by atoms with E-state index in [4.69, 9.17) is 5.10 Å². The second-order valence-corrected chi connectivity index (χ2v) is 8.18. The van der Waals surface area contributed by atoms with Crippen molar-refractivity contribution < 1.29 is 0 Å². The zero-order valence-corrected chi connectivity index (χ0v) is 16.9. The molecule has 0 amide bonds. The molecule has 1 aliphatic rings. The average Bonchev–Trinajstić information content (AvgIpc) is 3.13. The third-order valence-corrected chi connectivity index (χ3v) is 6.22. The minimum absolute atomic E-state index is 0.586. The number of hydrogen-bond donors (Lipinski definition) is 1. The molecule has 2 heterocycles. The highest BCUT2D eigenvalue weighted by atomic mass is 15.3. The highest BCUT2D eigenvalue weighted by Crippen LogP contribution is 2.30. The third kappa shape index (κ3) is 4.33. The summed E-state index contributed by atoms with van der Waals surface area (Å²) in [5.74, 6) is 1.51. The van der Waals surface area contributed by atoms with Crippen LogP contribution in [-0.4, -0.2) is 20.8 Å². The number of aromatic nitrogens is 3. The van der Waals surface area contributed by atoms with Crippen LogP contribution < -0.4 is 5.32 Å². The van der Waals surface area contributed by atoms with Crippen LogP contribution in [0.4, 0.5) is 0 Å². The molecule has 4 rings (SSSR count). The molecule has 1 aliphatic carbocycles. The first-order valence-electron chi connectivity index (χ1n) is 10.4. The lowest BCUT2D eigenvalue weighted by Gasteiger charge is -2.34. The SMILES string of the molecule is C[C@H]1[C@H](C)CCC[C@H]1NCc1cn(Cc2ccccc2)nc1-c1cccnc1. The Hall–Kier alpha value is -2.46. The van der Waals surface area contributed by atoms with Crippen LogP contribution in [0, 0.1) is 11.8 Å². The van der Waals surface area contributed by atoms with E-state index in [-0.39, 0.29) is 0 Å². The van der Waals surface area contributed by atoms with Crippen molar-refractivity contribution in [2.24, 2.45) is 11.8 Å². The van der Waals surface area contributed by atoms with E-state index in [1.165, 1.54) is 30.4 Å². The Kier molecular flexibility index (Phi) is 5.87. The van der Waals surface area contributed by atoms with Gasteiger partial charge in [0.1, 0.15) is 0 Å². The maximum Gasteiger partial charge on any atom is 0.0983 e. The molecular formula is C24H30N4. The Morgan fingerprint density at radius 2 is 1.93 bits per heavy atom. The average molecular weight is 375 g/mol. The van der Waals surface area contributed by atoms with Gasteiger partial charge in [0.05, 0.1) is 12.2 Å². The zero-order valence-electron chi connectivity index (χ0n) is 16.9. The van der Waals surface area contributed by atoms with Crippen molar-refractivity contribution in [2.45, 2.75) is 52.2 Å². The van der Waals surface area contributed by atoms with Gasteiger partial charge < -0.3 is 5.32 Å². The Labute approximate surface area is 168 Å². The Bertz CT molecular complexity index is 872. The van der Waals surface area contributed by atoms with Crippen molar-refractivity contribution in [3.05, 3.63) is 72.2 Å². The summed E-state index contributed by atoms with van der Waals surface area (Å²) < 4.78 is 2.06. The molecule has 3 atom stereocenters. The molecule has 4 heteroatoms. The Balaban J connectivity index is 1.56. The zero-order chi connectivity index (χ0) is 19.3. The van der Waals surface area contributed by atoms with Gasteiger partial charge >= 0.3 is 0 Å². The van der Waals surface area contributed by atoms with Crippen LogP contribution in [0.25, 0.3) is 11.3 Å². The van der Waals surface area contributed by atoms with Crippen LogP contribution in [-0.2, 0) is 13.1 Å². The fourth-order valence-electron chi connectivity index (χ4n) is 4.30. The summed E-state index contributed by atoms with van der Waals surface area (Å²) >= 11 is 0. The molecule has 1 fully saturated rings. The summed E-state index contributed by atoms with van der Waals surface area (Å²) in [4.78, 5) is 4.30. The van der Waals surface area contributed by atoms with Gasteiger partial charge in [-0.1, -0.05) is 57.0 Å². The molecule has 0 radical (unpaired) electrons. The summed E-state index contributed by atoms with van der Waals surface area (Å²) in [7, 11) is 0. The van der Waals surface area contributed by atoms with Crippen LogP contribution in [0.5, 0.6) is 0 Å². The molecule has 0 bridgehead atoms. The van der Waals surface area contributed by atoms with Gasteiger partial charge in [-0.2, -0.15) is 5.10 Å². The lowest BCUT2D eigenvalue weighted by Crippen LogP contribution is -2.40. The van der Waals surface area contributed by atoms with Gasteiger partial charge in [-0.3, -0.25) is 9.67 Å². The van der Waals surface area contributed by atoms with Gasteiger partial charge in [0, 0.05) is 42.3 Å². The topological polar surface area (TPSA) is 42.7 Å². The molecule has 2 aromatic heterocycles. The molecule has 0 spiro atoms. The first-order valence-corrected chi connectivity index (χ1v) is 10.4. The van der Waals surface area contributed by atoms with Crippen LogP contribution in [0.3, 0.4) is 0 Å². The summed E-state index contributed by atoms with van der Waals surface area (Å²) in [5.41, 5.74) is 4.62. The second kappa shape index (κ2) is 8.70. The van der Waals surface area contributed by atoms with Gasteiger partial charge in [-0.15, -0.1) is 0 Å². The van der Waals surface area contributed by atoms with Gasteiger partial charge in [-0.05, 0) is 36.0 Å². The van der Waals surface area contributed by atoms with E-state index in [9.17, 15) is 0 Å². The van der Waals surface area contributed by atoms with Crippen molar-refractivity contribution in [3.63, 3.8) is 0 Å². The van der Waals surface area contributed by atoms with Gasteiger partial charge in [-0.25, -0.2) is 0 Å². The quantitative estimate of drug-likeness (QED) is 0.667. The summed E-state index contributed by atoms with van der Waals surface area (Å²) in [6.45, 7) is 6.41. The lowest BCUT2D eigenvalue weighted by molar-refractivity contribution is 0.206. The molecule has 3 aromatic rings. The summed E-state index contributed by atoms with van der Waals surface area (Å²) in [6.07, 6.45) is 9.86. The fraction of sp³-hybridized carbons (Fsp3) is 0.417. The maximum absolute atomic E-state index is 4.91. The van der Waals surface area contributed by atoms with E-state index < -0.39 is 0 Å². The number of rotatable bonds is 6. The van der Waals surface area contributed by atoms with Crippen LogP contribution in [0.15, 0.2) is 61.1 Å². The normalized spacial score (nSPS) is 22.3. The smallest absolute Gasteiger partial charge is 0.0983 e. The van der Waals surface area contributed by atoms with Crippen molar-refractivity contribution >= 4 is 0 Å². The van der Waals surface area contributed by atoms with Gasteiger partial charge in [0.15, 0.2) is 0 Å². The summed E-state index contributed by atoms with van der Waals surface area (Å²) in [5, 5.41) is 8.74. The Morgan fingerprint density at radius 1 is 1.07 bits per heavy atom. The van der Waals surface area contributed by atoms with Crippen molar-refractivity contribution in [1.82, 2.24) is 20.1 Å². The number of nitrogens with zero attached hydrogens (tertiary/aromatic N) is 3. The predicted octanol–water partition coefficient (Wildman–Crippen LogP) is 4.91. The van der Waals surface area contributed by atoms with Crippen LogP contribution in [0.1, 0.15) is 44.2 Å². The van der Waals surface area contributed by atoms with Gasteiger partial charge in [0.25, 0.3) is 0 Å². The molecule has 1 N–H and O–H groups in total. The molecule has 146 valence electrons. The minimum atomic E-state index is 0.586. The van der Waals surface area contributed by atoms with Crippen LogP contribution in [0.2, 0.25) is 0 Å². The standard InChI is InChI=1S/C24H30N4/c1-18-8-6-12-23(19(18)2)26-15-22-17-28(16-20-9-4-3-5-10-20)27-24(22)21-11-7-13-25-14-21/h3-5,7,9-11,13-14,17-19,23,26H,6,8,12,15-16H2,1-2H3/t18-,19+,23-/m1/s1. The summed E-state index contributed by atoms with van der Waals surface area (Å²) in [6, 6.07) is 15.2.